The molecule has 1 unspecified atom stereocenters. The van der Waals surface area contributed by atoms with Crippen molar-refractivity contribution in [1.29, 1.82) is 0 Å². The minimum absolute atomic E-state index is 0.153. The highest BCUT2D eigenvalue weighted by Crippen LogP contribution is 2.27. The van der Waals surface area contributed by atoms with E-state index in [0.29, 0.717) is 129 Å². The number of primary amides is 2. The van der Waals surface area contributed by atoms with Gasteiger partial charge in [-0.2, -0.15) is 0 Å². The second kappa shape index (κ2) is 57.3. The zero-order chi connectivity index (χ0) is 88.0. The summed E-state index contributed by atoms with van der Waals surface area (Å²) < 4.78 is 17.1. The summed E-state index contributed by atoms with van der Waals surface area (Å²) in [5, 5.41) is 22.7. The van der Waals surface area contributed by atoms with Gasteiger partial charge in [-0.05, 0) is 127 Å². The molecule has 2 heterocycles. The van der Waals surface area contributed by atoms with E-state index in [9.17, 15) is 76.7 Å². The number of hydrogen-bond acceptors (Lipinski definition) is 21. The lowest BCUT2D eigenvalue weighted by Gasteiger charge is -2.32. The molecule has 33 heteroatoms. The number of Topliss-reactive ketones (excluding diaryl/α,β-unsaturated/α-hetero) is 4. The summed E-state index contributed by atoms with van der Waals surface area (Å²) in [6.07, 6.45) is 5.64. The summed E-state index contributed by atoms with van der Waals surface area (Å²) in [6.45, 7) is 28.2. The van der Waals surface area contributed by atoms with Crippen LogP contribution in [0.1, 0.15) is 251 Å². The van der Waals surface area contributed by atoms with Crippen LogP contribution >= 0.6 is 0 Å². The first-order valence-corrected chi connectivity index (χ1v) is 43.2. The molecule has 0 radical (unpaired) electrons. The Labute approximate surface area is 694 Å². The maximum absolute atomic E-state index is 14.1. The minimum Gasteiger partial charge on any atom is -0.379 e. The first-order valence-electron chi connectivity index (χ1n) is 43.2. The average molecular weight is 1660 g/mol. The van der Waals surface area contributed by atoms with E-state index in [0.717, 1.165) is 0 Å². The van der Waals surface area contributed by atoms with Crippen molar-refractivity contribution in [2.75, 3.05) is 78.9 Å². The molecule has 0 aliphatic carbocycles. The highest BCUT2D eigenvalue weighted by atomic mass is 16.5. The van der Waals surface area contributed by atoms with Gasteiger partial charge in [-0.25, -0.2) is 0 Å². The van der Waals surface area contributed by atoms with E-state index < -0.39 is 142 Å². The highest BCUT2D eigenvalue weighted by Gasteiger charge is 2.44. The molecule has 2 saturated heterocycles. The predicted octanol–water partition coefficient (Wildman–Crippen LogP) is 3.57. The van der Waals surface area contributed by atoms with Crippen molar-refractivity contribution < 1.29 is 90.9 Å². The number of carbonyl (C=O) groups is 16. The Kier molecular flexibility index (Phi) is 51.5. The van der Waals surface area contributed by atoms with Crippen molar-refractivity contribution in [3.8, 4) is 0 Å². The first kappa shape index (κ1) is 105. The summed E-state index contributed by atoms with van der Waals surface area (Å²) >= 11 is 0. The van der Waals surface area contributed by atoms with Crippen LogP contribution in [0.4, 0.5) is 0 Å². The molecule has 0 spiro atoms. The van der Waals surface area contributed by atoms with Gasteiger partial charge in [0, 0.05) is 113 Å². The molecule has 16 N–H and O–H groups in total. The molecule has 117 heavy (non-hydrogen) atoms. The molecule has 0 saturated carbocycles. The van der Waals surface area contributed by atoms with E-state index in [-0.39, 0.29) is 163 Å². The van der Waals surface area contributed by atoms with E-state index in [4.69, 9.17) is 37.1 Å². The van der Waals surface area contributed by atoms with Crippen LogP contribution in [0.3, 0.4) is 0 Å². The van der Waals surface area contributed by atoms with Gasteiger partial charge in [0.25, 0.3) is 0 Å². The molecule has 0 aromatic heterocycles. The largest absolute Gasteiger partial charge is 0.379 e. The predicted molar refractivity (Wildman–Crippen MR) is 443 cm³/mol. The Morgan fingerprint density at radius 1 is 0.368 bits per heavy atom. The van der Waals surface area contributed by atoms with Crippen LogP contribution in [-0.2, 0) is 90.9 Å². The molecular weight excluding hydrogens is 1510 g/mol. The van der Waals surface area contributed by atoms with Gasteiger partial charge in [0.1, 0.15) is 24.2 Å². The van der Waals surface area contributed by atoms with Crippen molar-refractivity contribution in [2.45, 2.75) is 299 Å². The number of nitrogens with zero attached hydrogens (tertiary/aromatic N) is 2. The summed E-state index contributed by atoms with van der Waals surface area (Å²) in [5.41, 5.74) is 22.6. The Bertz CT molecular complexity index is 2970. The van der Waals surface area contributed by atoms with E-state index in [1.807, 2.05) is 55.4 Å². The van der Waals surface area contributed by atoms with Crippen LogP contribution in [-0.4, -0.2) is 231 Å². The number of amides is 12. The standard InChI is InChI=1S/C84H148N14O19/c1-15-53(9)73(95-81(111)63-29-23-39-97(63)83(113)71(51(5)6)93-75(105)55(11)17-3)67(101)47-57(13)77(107)91-61(31-33-69(87)103)65(99)49-59(27-19-21-35-85)79(109)89-37-25-41-115-43-45-117-46-44-116-42-26-38-90-80(110)60(28-20-22-36-86)50-66(100)62(32-34-70(88)104)92-78(108)58(14)48-68(102)74(54(10)16-2)96-82(112)64-30-24-40-98(64)84(114)72(52(7)8)94-76(106)56(12)18-4/h51-64,71-74H,15-50,85-86H2,1-14H3,(H2,87,103)(H2,88,104)(H,89,109)(H,90,110)(H,91,107)(H,92,108)(H,93,105)(H,94,106)(H,95,111)(H,96,112)/t53-,54-,55+,56+,57+,58+,59+,60+,61-,62-,63-,64-,71-,72?,73-,74-/m0/s1. The van der Waals surface area contributed by atoms with E-state index in [1.165, 1.54) is 23.6 Å². The Morgan fingerprint density at radius 3 is 1.01 bits per heavy atom. The van der Waals surface area contributed by atoms with Gasteiger partial charge in [-0.3, -0.25) is 76.7 Å². The lowest BCUT2D eigenvalue weighted by molar-refractivity contribution is -0.143. The average Bonchev–Trinajstić information content (AvgIpc) is 1.69. The monoisotopic (exact) mass is 1660 g/mol. The van der Waals surface area contributed by atoms with Crippen LogP contribution in [0.2, 0.25) is 0 Å². The third-order valence-electron chi connectivity index (χ3n) is 22.6. The normalized spacial score (nSPS) is 17.7. The fourth-order valence-electron chi connectivity index (χ4n) is 14.0. The van der Waals surface area contributed by atoms with Gasteiger partial charge in [0.15, 0.2) is 23.1 Å². The number of carbonyl (C=O) groups excluding carboxylic acids is 16. The van der Waals surface area contributed by atoms with Gasteiger partial charge >= 0.3 is 0 Å². The number of rotatable bonds is 64. The molecule has 668 valence electrons. The van der Waals surface area contributed by atoms with Gasteiger partial charge in [-0.1, -0.05) is 123 Å². The number of ketones is 4. The SMILES string of the molecule is CC[C@@H](C)C(=O)NC(C(=O)N1CCC[C@H]1C(=O)N[C@H](C(=O)C[C@@H](C)C(=O)N[C@@H](CCC(N)=O)C(=O)C[C@@H](CCCCN)C(=O)NCCCOCCOCCOCCCNC(=O)[C@H](CCCCN)CC(=O)[C@H](CCC(N)=O)NC(=O)[C@H](C)CC(=O)[C@@H](NC(=O)[C@@H]1CCCN1C(=O)[C@@H](NC(=O)[C@H](C)CC)C(C)C)[C@@H](C)CC)[C@@H](C)CC)C(C)C. The summed E-state index contributed by atoms with van der Waals surface area (Å²) in [4.78, 5) is 220. The maximum Gasteiger partial charge on any atom is 0.246 e. The Morgan fingerprint density at radius 2 is 0.701 bits per heavy atom. The molecule has 2 rings (SSSR count). The van der Waals surface area contributed by atoms with Crippen molar-refractivity contribution in [1.82, 2.24) is 52.3 Å². The summed E-state index contributed by atoms with van der Waals surface area (Å²) in [7, 11) is 0. The molecule has 0 aromatic carbocycles. The second-order valence-electron chi connectivity index (χ2n) is 32.9. The summed E-state index contributed by atoms with van der Waals surface area (Å²) in [6, 6.07) is -7.95. The van der Waals surface area contributed by atoms with Crippen LogP contribution in [0.15, 0.2) is 0 Å². The van der Waals surface area contributed by atoms with E-state index in [1.54, 1.807) is 27.7 Å². The highest BCUT2D eigenvalue weighted by molar-refractivity contribution is 6.00. The van der Waals surface area contributed by atoms with Crippen LogP contribution in [0.5, 0.6) is 0 Å². The fourth-order valence-corrected chi connectivity index (χ4v) is 14.0. The van der Waals surface area contributed by atoms with Crippen LogP contribution in [0, 0.1) is 59.2 Å². The minimum atomic E-state index is -1.22. The number of ether oxygens (including phenoxy) is 3. The smallest absolute Gasteiger partial charge is 0.246 e. The number of hydrogen-bond donors (Lipinski definition) is 12. The summed E-state index contributed by atoms with van der Waals surface area (Å²) in [5.74, 6) is -13.2. The second-order valence-corrected chi connectivity index (χ2v) is 32.9. The molecule has 0 aromatic rings. The maximum atomic E-state index is 14.1. The third kappa shape index (κ3) is 38.4. The number of nitrogens with one attached hydrogen (secondary N) is 8. The quantitative estimate of drug-likeness (QED) is 0.0387. The molecule has 33 nitrogen and oxygen atoms in total. The van der Waals surface area contributed by atoms with Gasteiger partial charge in [0.05, 0.1) is 50.6 Å². The van der Waals surface area contributed by atoms with Gasteiger partial charge in [0.2, 0.25) is 70.9 Å². The first-order chi connectivity index (χ1) is 55.4. The molecule has 16 atom stereocenters. The van der Waals surface area contributed by atoms with Crippen molar-refractivity contribution in [3.05, 3.63) is 0 Å². The number of unbranched alkanes of at least 4 members (excludes halogenated alkanes) is 2. The molecule has 2 aliphatic rings. The lowest BCUT2D eigenvalue weighted by atomic mass is 9.89. The zero-order valence-electron chi connectivity index (χ0n) is 72.8. The fraction of sp³-hybridized carbons (Fsp3) is 0.810. The van der Waals surface area contributed by atoms with E-state index in [2.05, 4.69) is 42.5 Å². The molecule has 2 aliphatic heterocycles. The van der Waals surface area contributed by atoms with Crippen LogP contribution < -0.4 is 65.5 Å². The zero-order valence-corrected chi connectivity index (χ0v) is 72.8. The Hall–Kier alpha value is -7.88. The van der Waals surface area contributed by atoms with Gasteiger partial charge < -0.3 is 89.5 Å². The third-order valence-corrected chi connectivity index (χ3v) is 22.6. The number of likely N-dealkylation sites (tertiary alicyclic amines) is 2. The molecular formula is C84H148N14O19. The van der Waals surface area contributed by atoms with Crippen molar-refractivity contribution in [2.24, 2.45) is 82.1 Å². The van der Waals surface area contributed by atoms with Gasteiger partial charge in [-0.15, -0.1) is 0 Å². The van der Waals surface area contributed by atoms with Crippen molar-refractivity contribution in [3.63, 3.8) is 0 Å². The van der Waals surface area contributed by atoms with Crippen molar-refractivity contribution >= 4 is 94.0 Å². The Balaban J connectivity index is 1.92. The number of nitrogens with two attached hydrogens (primary N) is 4. The topological polar surface area (TPSA) is 508 Å². The van der Waals surface area contributed by atoms with Crippen LogP contribution in [0.25, 0.3) is 0 Å². The van der Waals surface area contributed by atoms with E-state index >= 15 is 0 Å². The molecule has 2 fully saturated rings. The molecule has 0 bridgehead atoms. The molecule has 12 amide bonds. The lowest BCUT2D eigenvalue weighted by Crippen LogP contribution is -2.57.